The number of aliphatic hydroxyl groups excluding tert-OH is 8. The van der Waals surface area contributed by atoms with Gasteiger partial charge < -0.3 is 85.6 Å². The number of carbonyl (C=O) groups is 4. The molecule has 0 bridgehead atoms. The fourth-order valence-corrected chi connectivity index (χ4v) is 24.7. The summed E-state index contributed by atoms with van der Waals surface area (Å²) in [5, 5.41) is 135. The number of aromatic hydroxyl groups is 5. The number of rotatable bonds is 30. The molecule has 0 spiro atoms. The van der Waals surface area contributed by atoms with Gasteiger partial charge in [-0.1, -0.05) is 229 Å². The van der Waals surface area contributed by atoms with E-state index in [9.17, 15) is 117 Å². The van der Waals surface area contributed by atoms with Crippen LogP contribution in [0.4, 0.5) is 59.5 Å². The first-order valence-corrected chi connectivity index (χ1v) is 53.4. The molecule has 26 nitrogen and oxygen atoms in total. The van der Waals surface area contributed by atoms with Crippen LogP contribution in [0.15, 0.2) is 340 Å². The van der Waals surface area contributed by atoms with E-state index in [0.29, 0.717) is 141 Å². The van der Waals surface area contributed by atoms with E-state index in [1.165, 1.54) is 122 Å². The molecule has 0 saturated carbocycles. The van der Waals surface area contributed by atoms with E-state index in [1.54, 1.807) is 141 Å². The van der Waals surface area contributed by atoms with Gasteiger partial charge in [-0.05, 0) is 247 Å². The van der Waals surface area contributed by atoms with E-state index in [4.69, 9.17) is 9.47 Å². The Morgan fingerprint density at radius 2 is 0.620 bits per heavy atom. The first-order chi connectivity index (χ1) is 72.2. The summed E-state index contributed by atoms with van der Waals surface area (Å²) in [7, 11) is -2.84. The van der Waals surface area contributed by atoms with Crippen molar-refractivity contribution in [2.24, 2.45) is 0 Å². The number of anilines is 4. The third kappa shape index (κ3) is 25.9. The zero-order chi connectivity index (χ0) is 106. The van der Waals surface area contributed by atoms with Gasteiger partial charge >= 0.3 is 7.60 Å². The Labute approximate surface area is 879 Å². The summed E-state index contributed by atoms with van der Waals surface area (Å²) >= 11 is 4.69. The number of ether oxygens (including phenoxy) is 2. The highest BCUT2D eigenvalue weighted by Crippen LogP contribution is 2.56. The molecule has 17 atom stereocenters. The fourth-order valence-electron chi connectivity index (χ4n) is 19.2. The van der Waals surface area contributed by atoms with Gasteiger partial charge in [0.1, 0.15) is 88.3 Å². The second kappa shape index (κ2) is 49.6. The van der Waals surface area contributed by atoms with Gasteiger partial charge in [0.25, 0.3) is 21.0 Å². The monoisotopic (exact) mass is 2130 g/mol. The number of para-hydroxylation sites is 4. The molecule has 5 heterocycles. The van der Waals surface area contributed by atoms with Crippen molar-refractivity contribution < 1.29 is 127 Å². The number of amides is 4. The van der Waals surface area contributed by atoms with Crippen LogP contribution in [0.3, 0.4) is 0 Å². The maximum absolute atomic E-state index is 13.4. The molecule has 5 aliphatic heterocycles. The molecule has 778 valence electrons. The molecule has 14 aromatic rings. The lowest BCUT2D eigenvalue weighted by molar-refractivity contribution is -0.231. The van der Waals surface area contributed by atoms with Crippen molar-refractivity contribution in [2.75, 3.05) is 33.3 Å². The number of phenols is 5. The highest BCUT2D eigenvalue weighted by molar-refractivity contribution is 8.15. The van der Waals surface area contributed by atoms with Crippen molar-refractivity contribution >= 4 is 104 Å². The van der Waals surface area contributed by atoms with E-state index in [1.807, 2.05) is 127 Å². The van der Waals surface area contributed by atoms with Gasteiger partial charge in [0.2, 0.25) is 0 Å². The number of carbonyl (C=O) groups excluding carboxylic acids is 4. The van der Waals surface area contributed by atoms with Crippen molar-refractivity contribution in [3.63, 3.8) is 0 Å². The van der Waals surface area contributed by atoms with E-state index in [0.717, 1.165) is 34.8 Å². The van der Waals surface area contributed by atoms with Crippen molar-refractivity contribution in [1.82, 2.24) is 0 Å². The zero-order valence-electron chi connectivity index (χ0n) is 80.5. The smallest absolute Gasteiger partial charge is 0.356 e. The van der Waals surface area contributed by atoms with Crippen LogP contribution in [0.25, 0.3) is 22.3 Å². The molecular formula is C115H109F4N4O22PS4. The SMILES string of the molecule is COc1ccc([C@@H]2[C@@H](CCC(O)c3ccc(F)cc3)SC(=O)N2c2ccccc2)c(O)c1.O=C1S[C@H](CCC(O)c2ccc(F)cc2)[C@@H](c2ccc(-c3ccc(C4O[C@H](CO)[C@@H](O)[C@H](O)[C@H]4O)cc3)cc2O)N1c1ccccc1.O=C1S[C@H](CCC(O)c2ccc(F)cc2)[C@@H](c2ccc(-c3ccc(P(=O)(O)O)cc3)cc2O)N1c1ccccc1.O=C1S[C@H](CCC(O)c2ccc(F)cc2)[C@@H](c2ccc(O)cc2O)N1c1ccccc1. The first kappa shape index (κ1) is 109. The Morgan fingerprint density at radius 1 is 0.340 bits per heavy atom. The number of methoxy groups -OCH3 is 1. The summed E-state index contributed by atoms with van der Waals surface area (Å²) in [5.41, 5.74) is 10.8. The van der Waals surface area contributed by atoms with Gasteiger partial charge in [-0.15, -0.1) is 0 Å². The van der Waals surface area contributed by atoms with Crippen LogP contribution in [-0.2, 0) is 9.30 Å². The maximum Gasteiger partial charge on any atom is 0.356 e. The number of aliphatic hydroxyl groups is 8. The first-order valence-electron chi connectivity index (χ1n) is 48.2. The van der Waals surface area contributed by atoms with Crippen LogP contribution < -0.4 is 29.6 Å². The summed E-state index contributed by atoms with van der Waals surface area (Å²) < 4.78 is 75.5. The van der Waals surface area contributed by atoms with Crippen LogP contribution >= 0.6 is 54.6 Å². The number of thioether (sulfide) groups is 4. The summed E-state index contributed by atoms with van der Waals surface area (Å²) in [5.74, 6) is -1.11. The standard InChI is InChI=1S/C36H36FNO8S.C30H27FNO6PS.C25H24FNO4S.C24H22FNO4S/c37-24-13-10-21(11-14-24)27(40)16-17-30-31(38(36(45)47-30)25-4-2-1-3-5-25)26-15-12-23(18-28(26)41)20-6-8-22(9-7-20)35-34(44)33(43)32(42)29(19-39)46-35;31-22-11-6-20(7-12-22)26(33)16-17-28-29(32(30(35)40-28)23-4-2-1-3-5-23)25-15-10-21(18-27(25)34)19-8-13-24(14-9-19)39(36,37)38;1-31-19-11-12-20(22(29)15-19)24-23(14-13-21(28)16-7-9-17(26)10-8-16)32-25(30)27(24)18-5-3-2-4-6-18;25-16-8-6-15(7-9-16)20(28)12-13-22-23(19-11-10-18(27)14-21(19)29)26(24(30)31-22)17-4-2-1-3-5-17/h1-15,18,27,29-35,39-44H,16-17,19H2;1-15,18,26,28-29,33-34H,16-17H2,(H2,36,37,38);2-12,15,21,23-24,28-29H,13-14H2,1H3;1-11,14,20,22-23,27-29H,12-13H2/t27?,29-,30-,31-,32-,33+,34-,35?;26?,28-,29-;21?,23-,24-;20?,22-,23-/m1111/s1. The third-order valence-electron chi connectivity index (χ3n) is 27.0. The summed E-state index contributed by atoms with van der Waals surface area (Å²) in [6, 6.07) is 90.5. The maximum atomic E-state index is 13.4. The molecule has 0 radical (unpaired) electrons. The van der Waals surface area contributed by atoms with Crippen molar-refractivity contribution in [2.45, 2.75) is 151 Å². The molecule has 4 amide bonds. The highest BCUT2D eigenvalue weighted by Gasteiger charge is 2.50. The molecular weight excluding hydrogens is 2020 g/mol. The van der Waals surface area contributed by atoms with Gasteiger partial charge in [0.15, 0.2) is 0 Å². The number of hydrogen-bond donors (Lipinski definition) is 15. The van der Waals surface area contributed by atoms with Gasteiger partial charge in [-0.3, -0.25) is 43.3 Å². The van der Waals surface area contributed by atoms with Crippen molar-refractivity contribution in [3.8, 4) is 56.8 Å². The summed E-state index contributed by atoms with van der Waals surface area (Å²) in [4.78, 5) is 78.1. The minimum Gasteiger partial charge on any atom is -0.508 e. The van der Waals surface area contributed by atoms with Gasteiger partial charge in [0.05, 0.1) is 67.6 Å². The number of nitrogens with zero attached hydrogens (tertiary/aromatic N) is 4. The van der Waals surface area contributed by atoms with E-state index in [2.05, 4.69) is 0 Å². The molecule has 150 heavy (non-hydrogen) atoms. The van der Waals surface area contributed by atoms with Crippen LogP contribution in [-0.4, -0.2) is 156 Å². The highest BCUT2D eigenvalue weighted by atomic mass is 32.2. The van der Waals surface area contributed by atoms with Gasteiger partial charge in [0, 0.05) is 78.1 Å². The lowest BCUT2D eigenvalue weighted by Crippen LogP contribution is -2.55. The molecule has 5 saturated heterocycles. The quantitative estimate of drug-likeness (QED) is 0.0147. The minimum atomic E-state index is -4.37. The van der Waals surface area contributed by atoms with Crippen LogP contribution in [0.2, 0.25) is 0 Å². The molecule has 15 N–H and O–H groups in total. The minimum absolute atomic E-state index is 0.00850. The van der Waals surface area contributed by atoms with Crippen LogP contribution in [0, 0.1) is 23.3 Å². The summed E-state index contributed by atoms with van der Waals surface area (Å²) in [6.45, 7) is -0.520. The lowest BCUT2D eigenvalue weighted by Gasteiger charge is -2.40. The van der Waals surface area contributed by atoms with E-state index >= 15 is 0 Å². The predicted octanol–water partition coefficient (Wildman–Crippen LogP) is 22.7. The number of hydrogen-bond acceptors (Lipinski definition) is 24. The fraction of sp³-hybridized carbons (Fsp3) is 0.235. The topological polar surface area (TPSA) is 420 Å². The van der Waals surface area contributed by atoms with Crippen molar-refractivity contribution in [1.29, 1.82) is 0 Å². The Balaban J connectivity index is 0.000000144. The Hall–Kier alpha value is -13.3. The number of phenolic OH excluding ortho intramolecular Hbond substituents is 5. The summed E-state index contributed by atoms with van der Waals surface area (Å²) in [6.07, 6.45) is -6.23. The molecule has 5 fully saturated rings. The van der Waals surface area contributed by atoms with Crippen molar-refractivity contribution in [3.05, 3.63) is 413 Å². The largest absolute Gasteiger partial charge is 0.508 e. The third-order valence-corrected chi connectivity index (χ3v) is 32.7. The molecule has 5 aliphatic rings. The zero-order valence-corrected chi connectivity index (χ0v) is 84.6. The van der Waals surface area contributed by atoms with Crippen LogP contribution in [0.5, 0.6) is 34.5 Å². The Morgan fingerprint density at radius 3 is 0.900 bits per heavy atom. The average Bonchev–Trinajstić information content (AvgIpc) is 1.62. The van der Waals surface area contributed by atoms with Gasteiger partial charge in [-0.25, -0.2) is 17.6 Å². The lowest BCUT2D eigenvalue weighted by atomic mass is 9.90. The number of benzene rings is 14. The Bertz CT molecular complexity index is 7010. The molecule has 0 aliphatic carbocycles. The molecule has 35 heteroatoms. The molecule has 5 unspecified atom stereocenters. The van der Waals surface area contributed by atoms with E-state index < -0.39 is 93.3 Å². The second-order valence-corrected chi connectivity index (χ2v) is 42.9. The van der Waals surface area contributed by atoms with Gasteiger partial charge in [-0.2, -0.15) is 0 Å². The predicted molar refractivity (Wildman–Crippen MR) is 572 cm³/mol. The van der Waals surface area contributed by atoms with Crippen LogP contribution in [0.1, 0.15) is 156 Å². The second-order valence-electron chi connectivity index (χ2n) is 36.5. The molecule has 0 aromatic heterocycles. The normalized spacial score (nSPS) is 21.4. The molecule has 14 aromatic carbocycles. The number of halogens is 4. The average molecular weight is 2130 g/mol. The van der Waals surface area contributed by atoms with E-state index in [-0.39, 0.29) is 99.3 Å². The Kier molecular flexibility index (Phi) is 36.2. The molecule has 19 rings (SSSR count).